The van der Waals surface area contributed by atoms with Crippen LogP contribution in [0.15, 0.2) is 401 Å². The summed E-state index contributed by atoms with van der Waals surface area (Å²) in [7, 11) is 0. The van der Waals surface area contributed by atoms with Gasteiger partial charge < -0.3 is 4.57 Å². The number of thiophene rings is 3. The van der Waals surface area contributed by atoms with Crippen molar-refractivity contribution in [3.8, 4) is 73.9 Å². The van der Waals surface area contributed by atoms with Crippen molar-refractivity contribution in [3.05, 3.63) is 412 Å². The number of benzene rings is 17. The molecule has 29 aromatic rings. The fourth-order valence-electron chi connectivity index (χ4n) is 21.4. The highest BCUT2D eigenvalue weighted by atomic mass is 32.1. The van der Waals surface area contributed by atoms with Crippen LogP contribution in [-0.4, -0.2) is 58.6 Å². The Morgan fingerprint density at radius 1 is 0.267 bits per heavy atom. The van der Waals surface area contributed by atoms with Gasteiger partial charge >= 0.3 is 0 Å². The van der Waals surface area contributed by atoms with Gasteiger partial charge in [0, 0.05) is 172 Å². The normalized spacial score (nSPS) is 13.1. The fraction of sp³-hybridized carbons (Fsp3) is 0.0250. The van der Waals surface area contributed by atoms with E-state index in [9.17, 15) is 0 Å². The molecule has 0 unspecified atom stereocenters. The zero-order valence-corrected chi connectivity index (χ0v) is 74.8. The summed E-state index contributed by atoms with van der Waals surface area (Å²) in [5.41, 5.74) is 21.7. The Balaban J connectivity index is 0.000000104. The first kappa shape index (κ1) is 71.8. The number of pyridine rings is 3. The minimum absolute atomic E-state index is 0.00908. The molecule has 0 atom stereocenters. The molecule has 0 spiro atoms. The second-order valence-electron chi connectivity index (χ2n) is 34.9. The van der Waals surface area contributed by atoms with Crippen molar-refractivity contribution in [2.45, 2.75) is 19.3 Å². The molecule has 0 aliphatic heterocycles. The predicted molar refractivity (Wildman–Crippen MR) is 566 cm³/mol. The molecule has 0 bridgehead atoms. The third kappa shape index (κ3) is 11.6. The van der Waals surface area contributed by atoms with E-state index in [1.165, 1.54) is 137 Å². The van der Waals surface area contributed by atoms with E-state index in [1.54, 1.807) is 23.6 Å². The van der Waals surface area contributed by atoms with E-state index in [-0.39, 0.29) is 28.8 Å². The van der Waals surface area contributed by atoms with Crippen molar-refractivity contribution in [3.63, 3.8) is 0 Å². The van der Waals surface area contributed by atoms with E-state index < -0.39 is 18.1 Å². The summed E-state index contributed by atoms with van der Waals surface area (Å²) >= 11 is 5.55. The SMILES string of the molecule is CC1(C)c2ccccc2-c2ccc(-c3nc(-c4cccc(-n5c6ccccc6c6c7sc8ccccc8c7c7ccccc7c65)c4)nc4cccnc34)cc21.[2H]c1c([2H])c([2H])c(-c2nc(-n3c4ccccc4c4c5c6ccccc6sc5c5ccccc5c43)nc3cccnc23)c([2H])c1[2H].c1ccc(-c2nc(-n3c4ccccc4c4c5c6ccccc6sc5c5ccccc5c43)nc3cccnc23)cc1. The smallest absolute Gasteiger partial charge is 0.235 e. The Morgan fingerprint density at radius 3 is 1.24 bits per heavy atom. The Kier molecular flexibility index (Phi) is 16.0. The largest absolute Gasteiger partial charge is 0.309 e. The van der Waals surface area contributed by atoms with Crippen LogP contribution in [-0.2, 0) is 5.41 Å². The topological polar surface area (TPSA) is 131 Å². The van der Waals surface area contributed by atoms with Crippen LogP contribution in [0.3, 0.4) is 0 Å². The maximum Gasteiger partial charge on any atom is 0.235 e. The highest BCUT2D eigenvalue weighted by molar-refractivity contribution is 7.28. The first-order valence-corrected chi connectivity index (χ1v) is 47.4. The van der Waals surface area contributed by atoms with Crippen LogP contribution >= 0.6 is 34.0 Å². The van der Waals surface area contributed by atoms with E-state index in [0.717, 1.165) is 99.4 Å². The average Bonchev–Trinajstić information content (AvgIpc) is 1.54. The van der Waals surface area contributed by atoms with E-state index in [1.807, 2.05) is 112 Å². The van der Waals surface area contributed by atoms with Gasteiger partial charge in [0.15, 0.2) is 5.82 Å². The van der Waals surface area contributed by atoms with Gasteiger partial charge in [0.05, 0.1) is 56.5 Å². The fourth-order valence-corrected chi connectivity index (χ4v) is 25.2. The second-order valence-corrected chi connectivity index (χ2v) is 38.0. The van der Waals surface area contributed by atoms with Gasteiger partial charge in [-0.3, -0.25) is 24.1 Å². The summed E-state index contributed by atoms with van der Waals surface area (Å²) in [6.45, 7) is 4.64. The van der Waals surface area contributed by atoms with E-state index in [4.69, 9.17) is 41.7 Å². The zero-order valence-electron chi connectivity index (χ0n) is 77.3. The van der Waals surface area contributed by atoms with E-state index >= 15 is 0 Å². The molecule has 630 valence electrons. The Hall–Kier alpha value is -17.0. The molecule has 0 amide bonds. The molecule has 0 saturated heterocycles. The molecule has 30 rings (SSSR count). The van der Waals surface area contributed by atoms with Crippen LogP contribution in [0.4, 0.5) is 0 Å². The van der Waals surface area contributed by atoms with E-state index in [2.05, 4.69) is 306 Å². The molecule has 135 heavy (non-hydrogen) atoms. The molecule has 0 radical (unpaired) electrons. The number of aromatic nitrogens is 12. The highest BCUT2D eigenvalue weighted by Gasteiger charge is 2.36. The lowest BCUT2D eigenvalue weighted by atomic mass is 9.82. The van der Waals surface area contributed by atoms with Gasteiger partial charge in [-0.1, -0.05) is 305 Å². The summed E-state index contributed by atoms with van der Waals surface area (Å²) in [6, 6.07) is 122. The highest BCUT2D eigenvalue weighted by Crippen LogP contribution is 2.55. The minimum atomic E-state index is -0.457. The van der Waals surface area contributed by atoms with Crippen LogP contribution in [0.25, 0.3) is 265 Å². The van der Waals surface area contributed by atoms with Crippen molar-refractivity contribution in [2.75, 3.05) is 0 Å². The first-order chi connectivity index (χ1) is 68.8. The van der Waals surface area contributed by atoms with Crippen molar-refractivity contribution in [1.82, 2.24) is 58.6 Å². The van der Waals surface area contributed by atoms with Gasteiger partial charge in [0.1, 0.15) is 33.6 Å². The standard InChI is InChI=1S/C50H32N4S.2C35H20N4S/c1-50(2)38-20-8-5-15-32(38)33-25-24-29(28-39(33)50)45-46-40(21-12-26-51-46)52-49(53-45)30-13-11-14-31(27-30)54-41-22-9-6-18-36(41)44-47(54)35-17-4-3-16-34(35)43-37-19-7-10-23-42(37)55-48(43)44;2*1-2-11-21(12-3-1)31-32-26(17-10-20-36-32)37-35(38-31)39-27-18-8-6-15-24(27)29-30-25-16-7-9-19-28(25)40-34(30)23-14-5-4-13-22(23)33(29)39/h3-28H,1-2H3;2*1-20H/i;1D,2D,3D,11D,12D;. The number of rotatable bonds is 7. The number of hydrogen-bond acceptors (Lipinski definition) is 12. The van der Waals surface area contributed by atoms with Gasteiger partial charge in [-0.15, -0.1) is 34.0 Å². The summed E-state index contributed by atoms with van der Waals surface area (Å²) < 4.78 is 56.8. The van der Waals surface area contributed by atoms with Crippen LogP contribution in [0.1, 0.15) is 31.8 Å². The summed E-state index contributed by atoms with van der Waals surface area (Å²) in [5, 5.41) is 21.9. The lowest BCUT2D eigenvalue weighted by molar-refractivity contribution is 0.660. The average molecular weight is 1780 g/mol. The number of nitrogens with zero attached hydrogens (tertiary/aromatic N) is 12. The molecule has 17 aromatic carbocycles. The molecule has 0 saturated carbocycles. The van der Waals surface area contributed by atoms with Gasteiger partial charge in [-0.2, -0.15) is 0 Å². The van der Waals surface area contributed by atoms with Crippen LogP contribution in [0, 0.1) is 0 Å². The molecular weight excluding hydrogens is 1710 g/mol. The van der Waals surface area contributed by atoms with Crippen molar-refractivity contribution < 1.29 is 6.85 Å². The predicted octanol–water partition coefficient (Wildman–Crippen LogP) is 31.9. The summed E-state index contributed by atoms with van der Waals surface area (Å²) in [6.07, 6.45) is 5.24. The Bertz CT molecular complexity index is 10400. The monoisotopic (exact) mass is 1780 g/mol. The number of hydrogen-bond donors (Lipinski definition) is 0. The van der Waals surface area contributed by atoms with Crippen LogP contribution in [0.2, 0.25) is 0 Å². The molecule has 12 aromatic heterocycles. The van der Waals surface area contributed by atoms with Crippen molar-refractivity contribution in [1.29, 1.82) is 0 Å². The third-order valence-corrected chi connectivity index (χ3v) is 30.8. The summed E-state index contributed by atoms with van der Waals surface area (Å²) in [4.78, 5) is 44.9. The Labute approximate surface area is 790 Å². The molecule has 0 fully saturated rings. The Morgan fingerprint density at radius 2 is 0.681 bits per heavy atom. The first-order valence-electron chi connectivity index (χ1n) is 47.5. The van der Waals surface area contributed by atoms with Crippen LogP contribution < -0.4 is 0 Å². The molecule has 12 heterocycles. The maximum atomic E-state index is 8.75. The van der Waals surface area contributed by atoms with Gasteiger partial charge in [-0.05, 0) is 119 Å². The van der Waals surface area contributed by atoms with Crippen molar-refractivity contribution >= 4 is 225 Å². The quantitative estimate of drug-likeness (QED) is 0.153. The molecule has 0 N–H and O–H groups in total. The van der Waals surface area contributed by atoms with Gasteiger partial charge in [-0.25, -0.2) is 29.9 Å². The van der Waals surface area contributed by atoms with E-state index in [0.29, 0.717) is 28.8 Å². The van der Waals surface area contributed by atoms with Gasteiger partial charge in [0.25, 0.3) is 0 Å². The minimum Gasteiger partial charge on any atom is -0.309 e. The maximum absolute atomic E-state index is 8.75. The molecular formula is C120H72N12S3. The second kappa shape index (κ2) is 30.0. The molecule has 1 aliphatic rings. The number of fused-ring (bicyclic) bond motifs is 36. The third-order valence-electron chi connectivity index (χ3n) is 27.2. The van der Waals surface area contributed by atoms with Crippen molar-refractivity contribution in [2.24, 2.45) is 0 Å². The molecule has 1 aliphatic carbocycles. The molecule has 12 nitrogen and oxygen atoms in total. The van der Waals surface area contributed by atoms with Crippen LogP contribution in [0.5, 0.6) is 0 Å². The lowest BCUT2D eigenvalue weighted by Crippen LogP contribution is -2.15. The zero-order chi connectivity index (χ0) is 93.2. The lowest BCUT2D eigenvalue weighted by Gasteiger charge is -2.22. The molecule has 15 heteroatoms. The van der Waals surface area contributed by atoms with Gasteiger partial charge in [0.2, 0.25) is 11.9 Å². The number of para-hydroxylation sites is 3. The summed E-state index contributed by atoms with van der Waals surface area (Å²) in [5.74, 6) is 1.65.